The van der Waals surface area contributed by atoms with Crippen molar-refractivity contribution in [1.82, 2.24) is 5.32 Å². The fraction of sp³-hybridized carbons (Fsp3) is 0.286. The summed E-state index contributed by atoms with van der Waals surface area (Å²) in [4.78, 5) is 22.9. The highest BCUT2D eigenvalue weighted by molar-refractivity contribution is 6.00. The number of urea groups is 1. The largest absolute Gasteiger partial charge is 0.351 e. The van der Waals surface area contributed by atoms with Gasteiger partial charge in [0, 0.05) is 17.2 Å². The minimum absolute atomic E-state index is 0.112. The zero-order valence-corrected chi connectivity index (χ0v) is 10.1. The van der Waals surface area contributed by atoms with E-state index in [0.29, 0.717) is 12.1 Å². The van der Waals surface area contributed by atoms with Gasteiger partial charge >= 0.3 is 6.03 Å². The third kappa shape index (κ3) is 2.59. The summed E-state index contributed by atoms with van der Waals surface area (Å²) in [5.74, 6) is 0.0171. The predicted octanol–water partition coefficient (Wildman–Crippen LogP) is 2.00. The highest BCUT2D eigenvalue weighted by atomic mass is 16.2. The maximum atomic E-state index is 12.3. The predicted molar refractivity (Wildman–Crippen MR) is 69.1 cm³/mol. The van der Waals surface area contributed by atoms with E-state index < -0.39 is 6.03 Å². The number of nitrogens with one attached hydrogen (secondary N) is 1. The third-order valence-corrected chi connectivity index (χ3v) is 3.21. The van der Waals surface area contributed by atoms with Crippen LogP contribution in [0, 0.1) is 5.92 Å². The third-order valence-electron chi connectivity index (χ3n) is 3.21. The molecular formula is C14H16N2O2. The van der Waals surface area contributed by atoms with Crippen LogP contribution in [0.5, 0.6) is 0 Å². The van der Waals surface area contributed by atoms with Gasteiger partial charge in [0.05, 0.1) is 0 Å². The van der Waals surface area contributed by atoms with Crippen molar-refractivity contribution < 1.29 is 9.59 Å². The molecule has 2 rings (SSSR count). The van der Waals surface area contributed by atoms with Crippen LogP contribution in [-0.4, -0.2) is 11.8 Å². The Balaban J connectivity index is 2.08. The molecule has 1 atom stereocenters. The molecule has 0 aliphatic heterocycles. The Morgan fingerprint density at radius 3 is 2.89 bits per heavy atom. The quantitative estimate of drug-likeness (QED) is 0.853. The van der Waals surface area contributed by atoms with Gasteiger partial charge in [0.2, 0.25) is 0 Å². The fourth-order valence-corrected chi connectivity index (χ4v) is 2.38. The van der Waals surface area contributed by atoms with E-state index >= 15 is 0 Å². The van der Waals surface area contributed by atoms with Gasteiger partial charge < -0.3 is 11.1 Å². The number of allylic oxidation sites excluding steroid dienone is 1. The van der Waals surface area contributed by atoms with Gasteiger partial charge in [-0.05, 0) is 24.8 Å². The van der Waals surface area contributed by atoms with E-state index in [9.17, 15) is 9.59 Å². The molecule has 4 heteroatoms. The van der Waals surface area contributed by atoms with Gasteiger partial charge in [-0.25, -0.2) is 4.79 Å². The van der Waals surface area contributed by atoms with Gasteiger partial charge in [-0.2, -0.15) is 0 Å². The number of ketones is 1. The highest BCUT2D eigenvalue weighted by Gasteiger charge is 2.27. The van der Waals surface area contributed by atoms with Crippen molar-refractivity contribution in [3.05, 3.63) is 47.7 Å². The average molecular weight is 244 g/mol. The lowest BCUT2D eigenvalue weighted by atomic mass is 9.80. The Kier molecular flexibility index (Phi) is 3.46. The number of primary amides is 1. The summed E-state index contributed by atoms with van der Waals surface area (Å²) in [5, 5.41) is 2.43. The Morgan fingerprint density at radius 1 is 1.44 bits per heavy atom. The van der Waals surface area contributed by atoms with Crippen molar-refractivity contribution in [3.8, 4) is 0 Å². The van der Waals surface area contributed by atoms with Gasteiger partial charge in [-0.3, -0.25) is 4.79 Å². The maximum absolute atomic E-state index is 12.3. The van der Waals surface area contributed by atoms with Crippen LogP contribution in [0.2, 0.25) is 0 Å². The van der Waals surface area contributed by atoms with Crippen molar-refractivity contribution in [2.24, 2.45) is 11.7 Å². The summed E-state index contributed by atoms with van der Waals surface area (Å²) in [7, 11) is 0. The molecule has 18 heavy (non-hydrogen) atoms. The molecule has 1 aliphatic rings. The topological polar surface area (TPSA) is 72.2 Å². The second-order valence-electron chi connectivity index (χ2n) is 4.55. The summed E-state index contributed by atoms with van der Waals surface area (Å²) < 4.78 is 0. The second kappa shape index (κ2) is 5.04. The van der Waals surface area contributed by atoms with Crippen LogP contribution in [0.1, 0.15) is 28.8 Å². The number of carbonyl (C=O) groups excluding carboxylic acids is 2. The van der Waals surface area contributed by atoms with E-state index in [-0.39, 0.29) is 11.7 Å². The van der Waals surface area contributed by atoms with Crippen LogP contribution in [-0.2, 0) is 6.42 Å². The summed E-state index contributed by atoms with van der Waals surface area (Å²) >= 11 is 0. The van der Waals surface area contributed by atoms with Gasteiger partial charge in [0.1, 0.15) is 0 Å². The first kappa shape index (κ1) is 12.4. The van der Waals surface area contributed by atoms with Crippen LogP contribution in [0.4, 0.5) is 4.79 Å². The number of benzene rings is 1. The van der Waals surface area contributed by atoms with E-state index in [2.05, 4.69) is 11.9 Å². The first-order valence-electron chi connectivity index (χ1n) is 5.94. The summed E-state index contributed by atoms with van der Waals surface area (Å²) in [5.41, 5.74) is 7.41. The number of amides is 2. The Morgan fingerprint density at radius 2 is 2.17 bits per heavy atom. The van der Waals surface area contributed by atoms with Crippen LogP contribution in [0.3, 0.4) is 0 Å². The molecule has 1 aliphatic carbocycles. The number of hydrogen-bond donors (Lipinski definition) is 2. The number of Topliss-reactive ketones (excluding diaryl/α,β-unsaturated/α-hetero) is 1. The van der Waals surface area contributed by atoms with Crippen molar-refractivity contribution in [2.75, 3.05) is 0 Å². The molecule has 1 aromatic carbocycles. The minimum atomic E-state index is -0.636. The van der Waals surface area contributed by atoms with E-state index in [1.807, 2.05) is 24.3 Å². The van der Waals surface area contributed by atoms with E-state index in [1.54, 1.807) is 0 Å². The number of nitrogens with two attached hydrogens (primary N) is 1. The smallest absolute Gasteiger partial charge is 0.316 e. The van der Waals surface area contributed by atoms with Crippen LogP contribution < -0.4 is 11.1 Å². The molecule has 0 saturated carbocycles. The summed E-state index contributed by atoms with van der Waals surface area (Å²) in [6.45, 7) is 3.72. The molecule has 0 fully saturated rings. The maximum Gasteiger partial charge on any atom is 0.316 e. The molecule has 3 N–H and O–H groups in total. The zero-order valence-electron chi connectivity index (χ0n) is 10.1. The highest BCUT2D eigenvalue weighted by Crippen LogP contribution is 2.28. The standard InChI is InChI=1S/C14H16N2O2/c1-9(16-14(15)18)8-11-7-6-10-4-2-3-5-12(10)13(11)17/h2-5,11H,1,6-8H2,(H3,15,16,18). The minimum Gasteiger partial charge on any atom is -0.351 e. The molecule has 0 bridgehead atoms. The molecule has 1 aromatic rings. The molecule has 4 nitrogen and oxygen atoms in total. The first-order valence-corrected chi connectivity index (χ1v) is 5.94. The summed E-state index contributed by atoms with van der Waals surface area (Å²) in [6.07, 6.45) is 2.13. The monoisotopic (exact) mass is 244 g/mol. The zero-order chi connectivity index (χ0) is 13.1. The average Bonchev–Trinajstić information content (AvgIpc) is 2.32. The number of hydrogen-bond acceptors (Lipinski definition) is 2. The van der Waals surface area contributed by atoms with E-state index in [4.69, 9.17) is 5.73 Å². The lowest BCUT2D eigenvalue weighted by molar-refractivity contribution is 0.0900. The number of fused-ring (bicyclic) bond motifs is 1. The first-order chi connectivity index (χ1) is 8.58. The van der Waals surface area contributed by atoms with Crippen molar-refractivity contribution in [2.45, 2.75) is 19.3 Å². The molecule has 0 aromatic heterocycles. The van der Waals surface area contributed by atoms with Crippen molar-refractivity contribution >= 4 is 11.8 Å². The Hall–Kier alpha value is -2.10. The molecule has 0 saturated heterocycles. The normalized spacial score (nSPS) is 18.0. The lowest BCUT2D eigenvalue weighted by Crippen LogP contribution is -2.31. The Labute approximate surface area is 106 Å². The van der Waals surface area contributed by atoms with Gasteiger partial charge in [-0.15, -0.1) is 0 Å². The molecule has 94 valence electrons. The molecule has 0 radical (unpaired) electrons. The van der Waals surface area contributed by atoms with E-state index in [0.717, 1.165) is 24.0 Å². The molecule has 0 heterocycles. The number of carbonyl (C=O) groups is 2. The number of aryl methyl sites for hydroxylation is 1. The van der Waals surface area contributed by atoms with Crippen LogP contribution in [0.15, 0.2) is 36.5 Å². The van der Waals surface area contributed by atoms with Crippen molar-refractivity contribution in [1.29, 1.82) is 0 Å². The van der Waals surface area contributed by atoms with E-state index in [1.165, 1.54) is 0 Å². The second-order valence-corrected chi connectivity index (χ2v) is 4.55. The number of rotatable bonds is 3. The van der Waals surface area contributed by atoms with Gasteiger partial charge in [0.25, 0.3) is 0 Å². The fourth-order valence-electron chi connectivity index (χ4n) is 2.38. The molecule has 1 unspecified atom stereocenters. The molecule has 2 amide bonds. The van der Waals surface area contributed by atoms with Crippen LogP contribution >= 0.6 is 0 Å². The SMILES string of the molecule is C=C(CC1CCc2ccccc2C1=O)NC(N)=O. The van der Waals surface area contributed by atoms with Crippen molar-refractivity contribution in [3.63, 3.8) is 0 Å². The summed E-state index contributed by atoms with van der Waals surface area (Å²) in [6, 6.07) is 7.02. The molecule has 0 spiro atoms. The van der Waals surface area contributed by atoms with Gasteiger partial charge in [0.15, 0.2) is 5.78 Å². The van der Waals surface area contributed by atoms with Gasteiger partial charge in [-0.1, -0.05) is 30.8 Å². The Bertz CT molecular complexity index is 508. The lowest BCUT2D eigenvalue weighted by Gasteiger charge is -2.23. The molecular weight excluding hydrogens is 228 g/mol. The van der Waals surface area contributed by atoms with Crippen LogP contribution in [0.25, 0.3) is 0 Å².